The van der Waals surface area contributed by atoms with Gasteiger partial charge in [0, 0.05) is 17.5 Å². The van der Waals surface area contributed by atoms with E-state index in [9.17, 15) is 13.2 Å². The van der Waals surface area contributed by atoms with E-state index < -0.39 is 12.0 Å². The molecule has 1 atom stereocenters. The van der Waals surface area contributed by atoms with Crippen LogP contribution in [0.3, 0.4) is 0 Å². The van der Waals surface area contributed by atoms with E-state index in [4.69, 9.17) is 5.73 Å². The summed E-state index contributed by atoms with van der Waals surface area (Å²) in [7, 11) is 0. The smallest absolute Gasteiger partial charge is 0.399 e. The first-order chi connectivity index (χ1) is 8.82. The monoisotopic (exact) mass is 289 g/mol. The van der Waals surface area contributed by atoms with Crippen molar-refractivity contribution in [3.05, 3.63) is 24.0 Å². The second-order valence-corrected chi connectivity index (χ2v) is 5.61. The highest BCUT2D eigenvalue weighted by Gasteiger charge is 2.37. The van der Waals surface area contributed by atoms with Crippen molar-refractivity contribution in [2.24, 2.45) is 0 Å². The molecular formula is C12H14F3N3S. The molecule has 2 rings (SSSR count). The third kappa shape index (κ3) is 2.80. The summed E-state index contributed by atoms with van der Waals surface area (Å²) in [6.07, 6.45) is -2.60. The molecule has 0 amide bonds. The number of halogens is 3. The Hall–Kier alpha value is -1.37. The van der Waals surface area contributed by atoms with E-state index in [-0.39, 0.29) is 17.3 Å². The van der Waals surface area contributed by atoms with Gasteiger partial charge in [-0.1, -0.05) is 6.92 Å². The minimum absolute atomic E-state index is 0.0658. The predicted molar refractivity (Wildman–Crippen MR) is 72.1 cm³/mol. The molecule has 104 valence electrons. The molecule has 0 saturated heterocycles. The van der Waals surface area contributed by atoms with E-state index in [0.29, 0.717) is 11.2 Å². The van der Waals surface area contributed by atoms with Gasteiger partial charge in [-0.05, 0) is 24.5 Å². The highest BCUT2D eigenvalue weighted by atomic mass is 32.2. The SMILES string of the molecule is CSC(C)Cn1c(C(F)(F)F)nc2cc(N)ccc21. The number of nitrogens with two attached hydrogens (primary N) is 1. The van der Waals surface area contributed by atoms with Crippen LogP contribution < -0.4 is 5.73 Å². The number of benzene rings is 1. The molecule has 0 spiro atoms. The van der Waals surface area contributed by atoms with Gasteiger partial charge in [0.05, 0.1) is 11.0 Å². The van der Waals surface area contributed by atoms with Crippen molar-refractivity contribution in [1.29, 1.82) is 0 Å². The molecule has 0 fully saturated rings. The van der Waals surface area contributed by atoms with Crippen LogP contribution in [0.15, 0.2) is 18.2 Å². The van der Waals surface area contributed by atoms with Crippen molar-refractivity contribution in [2.45, 2.75) is 24.9 Å². The van der Waals surface area contributed by atoms with Crippen LogP contribution >= 0.6 is 11.8 Å². The van der Waals surface area contributed by atoms with Crippen molar-refractivity contribution in [2.75, 3.05) is 12.0 Å². The molecule has 0 bridgehead atoms. The maximum Gasteiger partial charge on any atom is 0.449 e. The maximum absolute atomic E-state index is 13.0. The van der Waals surface area contributed by atoms with Gasteiger partial charge in [0.25, 0.3) is 0 Å². The first-order valence-corrected chi connectivity index (χ1v) is 6.97. The number of hydrogen-bond acceptors (Lipinski definition) is 3. The van der Waals surface area contributed by atoms with Crippen LogP contribution in [-0.4, -0.2) is 21.1 Å². The minimum atomic E-state index is -4.47. The molecule has 0 aliphatic carbocycles. The Morgan fingerprint density at radius 3 is 2.68 bits per heavy atom. The molecule has 2 N–H and O–H groups in total. The van der Waals surface area contributed by atoms with Crippen molar-refractivity contribution >= 4 is 28.5 Å². The Bertz CT molecular complexity index is 592. The van der Waals surface area contributed by atoms with Gasteiger partial charge in [0.1, 0.15) is 0 Å². The van der Waals surface area contributed by atoms with Crippen LogP contribution in [0.4, 0.5) is 18.9 Å². The van der Waals surface area contributed by atoms with Gasteiger partial charge in [-0.25, -0.2) is 4.98 Å². The summed E-state index contributed by atoms with van der Waals surface area (Å²) in [5.74, 6) is -0.867. The molecular weight excluding hydrogens is 275 g/mol. The first-order valence-electron chi connectivity index (χ1n) is 5.68. The topological polar surface area (TPSA) is 43.8 Å². The molecule has 1 aromatic carbocycles. The average Bonchev–Trinajstić information content (AvgIpc) is 2.67. The van der Waals surface area contributed by atoms with E-state index in [2.05, 4.69) is 4.98 Å². The molecule has 0 saturated carbocycles. The number of anilines is 1. The normalized spacial score (nSPS) is 13.9. The fourth-order valence-electron chi connectivity index (χ4n) is 1.88. The molecule has 1 unspecified atom stereocenters. The van der Waals surface area contributed by atoms with E-state index in [0.717, 1.165) is 0 Å². The summed E-state index contributed by atoms with van der Waals surface area (Å²) in [5, 5.41) is 0.0658. The lowest BCUT2D eigenvalue weighted by molar-refractivity contribution is -0.146. The number of aromatic nitrogens is 2. The van der Waals surface area contributed by atoms with Gasteiger partial charge >= 0.3 is 6.18 Å². The standard InChI is InChI=1S/C12H14F3N3S/c1-7(19-2)6-18-10-4-3-8(16)5-9(10)17-11(18)12(13,14)15/h3-5,7H,6,16H2,1-2H3. The lowest BCUT2D eigenvalue weighted by atomic mass is 10.3. The Balaban J connectivity index is 2.62. The average molecular weight is 289 g/mol. The predicted octanol–water partition coefficient (Wildman–Crippen LogP) is 3.39. The fraction of sp³-hybridized carbons (Fsp3) is 0.417. The van der Waals surface area contributed by atoms with E-state index in [1.165, 1.54) is 22.4 Å². The van der Waals surface area contributed by atoms with E-state index >= 15 is 0 Å². The van der Waals surface area contributed by atoms with Gasteiger partial charge in [0.2, 0.25) is 5.82 Å². The highest BCUT2D eigenvalue weighted by Crippen LogP contribution is 2.32. The highest BCUT2D eigenvalue weighted by molar-refractivity contribution is 7.99. The van der Waals surface area contributed by atoms with Crippen LogP contribution in [0.1, 0.15) is 12.7 Å². The third-order valence-corrected chi connectivity index (χ3v) is 3.82. The first kappa shape index (κ1) is 14.0. The van der Waals surface area contributed by atoms with Crippen LogP contribution in [-0.2, 0) is 12.7 Å². The van der Waals surface area contributed by atoms with Crippen molar-refractivity contribution in [1.82, 2.24) is 9.55 Å². The summed E-state index contributed by atoms with van der Waals surface area (Å²) >= 11 is 1.51. The number of alkyl halides is 3. The summed E-state index contributed by atoms with van der Waals surface area (Å²) in [6, 6.07) is 4.63. The van der Waals surface area contributed by atoms with Crippen LogP contribution in [0, 0.1) is 0 Å². The van der Waals surface area contributed by atoms with Crippen molar-refractivity contribution in [3.63, 3.8) is 0 Å². The Morgan fingerprint density at radius 2 is 2.11 bits per heavy atom. The molecule has 3 nitrogen and oxygen atoms in total. The second kappa shape index (κ2) is 4.96. The number of rotatable bonds is 3. The summed E-state index contributed by atoms with van der Waals surface area (Å²) in [4.78, 5) is 3.68. The molecule has 2 aromatic rings. The number of imidazole rings is 1. The summed E-state index contributed by atoms with van der Waals surface area (Å²) in [6.45, 7) is 2.14. The Kier molecular flexibility index (Phi) is 3.66. The van der Waals surface area contributed by atoms with Crippen LogP contribution in [0.2, 0.25) is 0 Å². The molecule has 0 aliphatic heterocycles. The lowest BCUT2D eigenvalue weighted by Gasteiger charge is -2.14. The van der Waals surface area contributed by atoms with Gasteiger partial charge in [-0.3, -0.25) is 0 Å². The molecule has 0 aliphatic rings. The summed E-state index contributed by atoms with van der Waals surface area (Å²) < 4.78 is 40.3. The van der Waals surface area contributed by atoms with E-state index in [1.54, 1.807) is 12.1 Å². The van der Waals surface area contributed by atoms with Crippen LogP contribution in [0.5, 0.6) is 0 Å². The quantitative estimate of drug-likeness (QED) is 0.881. The molecule has 0 radical (unpaired) electrons. The van der Waals surface area contributed by atoms with Crippen molar-refractivity contribution in [3.8, 4) is 0 Å². The number of thioether (sulfide) groups is 1. The molecule has 7 heteroatoms. The zero-order valence-electron chi connectivity index (χ0n) is 10.5. The largest absolute Gasteiger partial charge is 0.449 e. The third-order valence-electron chi connectivity index (χ3n) is 2.87. The summed E-state index contributed by atoms with van der Waals surface area (Å²) in [5.41, 5.74) is 6.73. The fourth-order valence-corrected chi connectivity index (χ4v) is 2.18. The molecule has 1 aromatic heterocycles. The Morgan fingerprint density at radius 1 is 1.42 bits per heavy atom. The molecule has 1 heterocycles. The minimum Gasteiger partial charge on any atom is -0.399 e. The second-order valence-electron chi connectivity index (χ2n) is 4.34. The van der Waals surface area contributed by atoms with Gasteiger partial charge < -0.3 is 10.3 Å². The zero-order valence-corrected chi connectivity index (χ0v) is 11.3. The number of nitrogen functional groups attached to an aromatic ring is 1. The lowest BCUT2D eigenvalue weighted by Crippen LogP contribution is -2.18. The Labute approximate surface area is 113 Å². The molecule has 19 heavy (non-hydrogen) atoms. The van der Waals surface area contributed by atoms with Gasteiger partial charge in [0.15, 0.2) is 0 Å². The number of nitrogens with zero attached hydrogens (tertiary/aromatic N) is 2. The van der Waals surface area contributed by atoms with Crippen molar-refractivity contribution < 1.29 is 13.2 Å². The zero-order chi connectivity index (χ0) is 14.2. The number of hydrogen-bond donors (Lipinski definition) is 1. The van der Waals surface area contributed by atoms with Gasteiger partial charge in [-0.15, -0.1) is 0 Å². The maximum atomic E-state index is 13.0. The van der Waals surface area contributed by atoms with Gasteiger partial charge in [-0.2, -0.15) is 24.9 Å². The van der Waals surface area contributed by atoms with Crippen LogP contribution in [0.25, 0.3) is 11.0 Å². The van der Waals surface area contributed by atoms with E-state index in [1.807, 2.05) is 13.2 Å². The number of fused-ring (bicyclic) bond motifs is 1.